The normalized spacial score (nSPS) is 19.0. The van der Waals surface area contributed by atoms with E-state index in [-0.39, 0.29) is 10.4 Å². The van der Waals surface area contributed by atoms with E-state index in [0.29, 0.717) is 0 Å². The lowest BCUT2D eigenvalue weighted by molar-refractivity contribution is 0.304. The molecule has 0 saturated carbocycles. The minimum Gasteiger partial charge on any atom is -0.356 e. The van der Waals surface area contributed by atoms with Gasteiger partial charge in [0.1, 0.15) is 10.7 Å². The largest absolute Gasteiger partial charge is 0.356 e. The predicted octanol–water partition coefficient (Wildman–Crippen LogP) is 0.910. The fourth-order valence-electron chi connectivity index (χ4n) is 2.40. The Hall–Kier alpha value is -1.18. The van der Waals surface area contributed by atoms with Crippen LogP contribution in [-0.4, -0.2) is 57.5 Å². The van der Waals surface area contributed by atoms with Crippen molar-refractivity contribution in [1.82, 2.24) is 14.6 Å². The van der Waals surface area contributed by atoms with Crippen LogP contribution in [0.5, 0.6) is 0 Å². The van der Waals surface area contributed by atoms with Gasteiger partial charge < -0.3 is 10.2 Å². The highest BCUT2D eigenvalue weighted by atomic mass is 32.2. The number of hydrogen-bond donors (Lipinski definition) is 1. The molecule has 2 rings (SSSR count). The average molecular weight is 312 g/mol. The second kappa shape index (κ2) is 5.90. The number of anilines is 1. The molecule has 2 heterocycles. The van der Waals surface area contributed by atoms with Crippen LogP contribution in [0.3, 0.4) is 0 Å². The van der Waals surface area contributed by atoms with Crippen molar-refractivity contribution in [2.24, 2.45) is 0 Å². The van der Waals surface area contributed by atoms with E-state index in [9.17, 15) is 8.42 Å². The number of hydrogen-bond acceptors (Lipinski definition) is 5. The molecular weight excluding hydrogens is 288 g/mol. The number of pyridine rings is 1. The SMILES string of the molecule is CNC1(C)CCN(c2ccc(S(=O)(=O)N(C)C)cn2)CC1. The molecule has 7 heteroatoms. The van der Waals surface area contributed by atoms with Crippen molar-refractivity contribution in [3.63, 3.8) is 0 Å². The lowest BCUT2D eigenvalue weighted by Gasteiger charge is -2.39. The molecule has 1 aliphatic rings. The van der Waals surface area contributed by atoms with Crippen LogP contribution >= 0.6 is 0 Å². The third-order valence-corrected chi connectivity index (χ3v) is 6.09. The lowest BCUT2D eigenvalue weighted by Crippen LogP contribution is -2.50. The minimum atomic E-state index is -3.40. The van der Waals surface area contributed by atoms with Gasteiger partial charge in [-0.25, -0.2) is 17.7 Å². The predicted molar refractivity (Wildman–Crippen MR) is 84.0 cm³/mol. The van der Waals surface area contributed by atoms with E-state index in [0.717, 1.165) is 31.7 Å². The van der Waals surface area contributed by atoms with E-state index in [2.05, 4.69) is 22.1 Å². The van der Waals surface area contributed by atoms with Gasteiger partial charge in [0.05, 0.1) is 0 Å². The Morgan fingerprint density at radius 3 is 2.33 bits per heavy atom. The van der Waals surface area contributed by atoms with E-state index in [1.807, 2.05) is 7.05 Å². The first-order chi connectivity index (χ1) is 9.78. The van der Waals surface area contributed by atoms with Gasteiger partial charge in [-0.2, -0.15) is 0 Å². The van der Waals surface area contributed by atoms with Crippen LogP contribution in [0.2, 0.25) is 0 Å². The molecule has 0 bridgehead atoms. The summed E-state index contributed by atoms with van der Waals surface area (Å²) in [6.07, 6.45) is 3.53. The summed E-state index contributed by atoms with van der Waals surface area (Å²) in [5.41, 5.74) is 0.185. The van der Waals surface area contributed by atoms with Crippen LogP contribution < -0.4 is 10.2 Å². The molecule has 0 aliphatic carbocycles. The van der Waals surface area contributed by atoms with E-state index < -0.39 is 10.0 Å². The second-order valence-electron chi connectivity index (χ2n) is 5.94. The van der Waals surface area contributed by atoms with Crippen LogP contribution in [0.1, 0.15) is 19.8 Å². The highest BCUT2D eigenvalue weighted by Crippen LogP contribution is 2.25. The molecule has 0 spiro atoms. The third-order valence-electron chi connectivity index (χ3n) is 4.29. The first-order valence-corrected chi connectivity index (χ1v) is 8.55. The molecule has 1 fully saturated rings. The van der Waals surface area contributed by atoms with Gasteiger partial charge in [0.25, 0.3) is 0 Å². The zero-order chi connectivity index (χ0) is 15.7. The summed E-state index contributed by atoms with van der Waals surface area (Å²) in [6, 6.07) is 3.42. The number of sulfonamides is 1. The molecule has 1 N–H and O–H groups in total. The number of nitrogens with zero attached hydrogens (tertiary/aromatic N) is 3. The molecule has 1 aliphatic heterocycles. The zero-order valence-electron chi connectivity index (χ0n) is 13.1. The summed E-state index contributed by atoms with van der Waals surface area (Å²) in [5.74, 6) is 0.839. The summed E-state index contributed by atoms with van der Waals surface area (Å²) in [5, 5.41) is 3.36. The Morgan fingerprint density at radius 1 is 1.29 bits per heavy atom. The summed E-state index contributed by atoms with van der Waals surface area (Å²) in [7, 11) is 1.63. The highest BCUT2D eigenvalue weighted by Gasteiger charge is 2.29. The van der Waals surface area contributed by atoms with Crippen molar-refractivity contribution in [1.29, 1.82) is 0 Å². The Morgan fingerprint density at radius 2 is 1.90 bits per heavy atom. The fraction of sp³-hybridized carbons (Fsp3) is 0.643. The maximum atomic E-state index is 12.0. The maximum Gasteiger partial charge on any atom is 0.244 e. The van der Waals surface area contributed by atoms with E-state index in [4.69, 9.17) is 0 Å². The van der Waals surface area contributed by atoms with Crippen molar-refractivity contribution in [2.75, 3.05) is 39.1 Å². The van der Waals surface area contributed by atoms with E-state index in [1.165, 1.54) is 24.6 Å². The van der Waals surface area contributed by atoms with E-state index >= 15 is 0 Å². The van der Waals surface area contributed by atoms with Crippen molar-refractivity contribution < 1.29 is 8.42 Å². The van der Waals surface area contributed by atoms with Gasteiger partial charge in [-0.05, 0) is 38.9 Å². The monoisotopic (exact) mass is 312 g/mol. The van der Waals surface area contributed by atoms with Crippen molar-refractivity contribution in [3.8, 4) is 0 Å². The van der Waals surface area contributed by atoms with Gasteiger partial charge in [0.2, 0.25) is 10.0 Å². The Labute approximate surface area is 127 Å². The quantitative estimate of drug-likeness (QED) is 0.895. The summed E-state index contributed by atoms with van der Waals surface area (Å²) >= 11 is 0. The molecule has 1 saturated heterocycles. The van der Waals surface area contributed by atoms with Crippen molar-refractivity contribution >= 4 is 15.8 Å². The van der Waals surface area contributed by atoms with Crippen molar-refractivity contribution in [2.45, 2.75) is 30.2 Å². The number of nitrogens with one attached hydrogen (secondary N) is 1. The highest BCUT2D eigenvalue weighted by molar-refractivity contribution is 7.89. The fourth-order valence-corrected chi connectivity index (χ4v) is 3.25. The van der Waals surface area contributed by atoms with Gasteiger partial charge in [-0.15, -0.1) is 0 Å². The molecule has 1 aromatic rings. The molecule has 0 unspecified atom stereocenters. The number of aromatic nitrogens is 1. The summed E-state index contributed by atoms with van der Waals surface area (Å²) in [4.78, 5) is 6.75. The van der Waals surface area contributed by atoms with Crippen LogP contribution in [0, 0.1) is 0 Å². The Bertz CT molecular complexity index is 575. The molecule has 1 aromatic heterocycles. The lowest BCUT2D eigenvalue weighted by atomic mass is 9.90. The number of piperidine rings is 1. The molecule has 0 amide bonds. The molecule has 0 radical (unpaired) electrons. The van der Waals surface area contributed by atoms with Gasteiger partial charge in [0.15, 0.2) is 0 Å². The molecule has 0 atom stereocenters. The zero-order valence-corrected chi connectivity index (χ0v) is 13.9. The van der Waals surface area contributed by atoms with Gasteiger partial charge in [0, 0.05) is 38.9 Å². The van der Waals surface area contributed by atoms with Crippen molar-refractivity contribution in [3.05, 3.63) is 18.3 Å². The molecule has 0 aromatic carbocycles. The second-order valence-corrected chi connectivity index (χ2v) is 8.09. The van der Waals surface area contributed by atoms with Crippen LogP contribution in [0.4, 0.5) is 5.82 Å². The Kier molecular flexibility index (Phi) is 4.55. The first-order valence-electron chi connectivity index (χ1n) is 7.11. The smallest absolute Gasteiger partial charge is 0.244 e. The first kappa shape index (κ1) is 16.2. The molecule has 6 nitrogen and oxygen atoms in total. The van der Waals surface area contributed by atoms with Gasteiger partial charge in [-0.3, -0.25) is 0 Å². The average Bonchev–Trinajstić information content (AvgIpc) is 2.48. The summed E-state index contributed by atoms with van der Waals surface area (Å²) in [6.45, 7) is 4.07. The standard InChI is InChI=1S/C14H24N4O2S/c1-14(15-2)7-9-18(10-8-14)13-6-5-12(11-16-13)21(19,20)17(3)4/h5-6,11,15H,7-10H2,1-4H3. The minimum absolute atomic E-state index is 0.185. The maximum absolute atomic E-state index is 12.0. The van der Waals surface area contributed by atoms with Crippen LogP contribution in [0.25, 0.3) is 0 Å². The molecular formula is C14H24N4O2S. The Balaban J connectivity index is 2.11. The number of rotatable bonds is 4. The molecule has 118 valence electrons. The molecule has 21 heavy (non-hydrogen) atoms. The van der Waals surface area contributed by atoms with Gasteiger partial charge in [-0.1, -0.05) is 0 Å². The van der Waals surface area contributed by atoms with Gasteiger partial charge >= 0.3 is 0 Å². The van der Waals surface area contributed by atoms with Crippen LogP contribution in [0.15, 0.2) is 23.2 Å². The summed E-state index contributed by atoms with van der Waals surface area (Å²) < 4.78 is 25.2. The topological polar surface area (TPSA) is 65.5 Å². The third kappa shape index (κ3) is 3.36. The van der Waals surface area contributed by atoms with E-state index in [1.54, 1.807) is 12.1 Å². The van der Waals surface area contributed by atoms with Crippen LogP contribution in [-0.2, 0) is 10.0 Å².